The lowest BCUT2D eigenvalue weighted by atomic mass is 9.80. The zero-order valence-electron chi connectivity index (χ0n) is 11.7. The molecule has 0 aliphatic carbocycles. The molecule has 6 nitrogen and oxygen atoms in total. The number of benzene rings is 1. The highest BCUT2D eigenvalue weighted by Gasteiger charge is 2.39. The molecule has 1 N–H and O–H groups in total. The lowest BCUT2D eigenvalue weighted by molar-refractivity contribution is 0.0386. The van der Waals surface area contributed by atoms with Gasteiger partial charge in [-0.15, -0.1) is 0 Å². The molecule has 108 valence electrons. The minimum absolute atomic E-state index is 0.174. The maximum absolute atomic E-state index is 11.5. The number of hydrogen-bond donors (Lipinski definition) is 1. The van der Waals surface area contributed by atoms with Gasteiger partial charge in [0.1, 0.15) is 6.61 Å². The number of cyclic esters (lactones) is 1. The Morgan fingerprint density at radius 1 is 1.30 bits per heavy atom. The lowest BCUT2D eigenvalue weighted by Crippen LogP contribution is -2.46. The number of carbonyl (C=O) groups excluding carboxylic acids is 1. The van der Waals surface area contributed by atoms with Crippen LogP contribution in [0.1, 0.15) is 25.5 Å². The van der Waals surface area contributed by atoms with Crippen LogP contribution in [0.3, 0.4) is 0 Å². The first-order chi connectivity index (χ1) is 9.51. The smallest absolute Gasteiger partial charge is 0.407 e. The molecule has 20 heavy (non-hydrogen) atoms. The normalized spacial score (nSPS) is 22.9. The third kappa shape index (κ3) is 2.01. The van der Waals surface area contributed by atoms with Gasteiger partial charge in [-0.25, -0.2) is 4.79 Å². The third-order valence-electron chi connectivity index (χ3n) is 3.63. The Morgan fingerprint density at radius 2 is 2.10 bits per heavy atom. The Hall–Kier alpha value is -2.11. The van der Waals surface area contributed by atoms with Gasteiger partial charge in [-0.05, 0) is 17.7 Å². The molecule has 3 rings (SSSR count). The van der Waals surface area contributed by atoms with Gasteiger partial charge >= 0.3 is 6.09 Å². The van der Waals surface area contributed by atoms with Gasteiger partial charge in [0, 0.05) is 5.41 Å². The van der Waals surface area contributed by atoms with Crippen LogP contribution in [0.15, 0.2) is 12.1 Å². The van der Waals surface area contributed by atoms with Crippen molar-refractivity contribution < 1.29 is 23.7 Å². The Balaban J connectivity index is 2.03. The lowest BCUT2D eigenvalue weighted by Gasteiger charge is -2.38. The van der Waals surface area contributed by atoms with Gasteiger partial charge in [0.15, 0.2) is 11.5 Å². The molecule has 0 unspecified atom stereocenters. The van der Waals surface area contributed by atoms with E-state index in [1.165, 1.54) is 0 Å². The molecule has 6 heteroatoms. The summed E-state index contributed by atoms with van der Waals surface area (Å²) in [6, 6.07) is 3.57. The van der Waals surface area contributed by atoms with Crippen molar-refractivity contribution >= 4 is 6.09 Å². The molecule has 1 aromatic carbocycles. The fourth-order valence-corrected chi connectivity index (χ4v) is 2.54. The summed E-state index contributed by atoms with van der Waals surface area (Å²) < 4.78 is 21.2. The summed E-state index contributed by atoms with van der Waals surface area (Å²) >= 11 is 0. The van der Waals surface area contributed by atoms with Gasteiger partial charge in [0.2, 0.25) is 12.5 Å². The second kappa shape index (κ2) is 4.47. The highest BCUT2D eigenvalue weighted by molar-refractivity contribution is 5.69. The van der Waals surface area contributed by atoms with Gasteiger partial charge < -0.3 is 24.3 Å². The first-order valence-corrected chi connectivity index (χ1v) is 6.42. The standard InChI is InChI=1S/C14H17NO5/c1-14(2)6-18-13(16)15-12(14)8-4-9(17-3)11-10(5-8)19-7-20-11/h4-5,12H,6-7H2,1-3H3,(H,15,16)/t12-/m0/s1. The van der Waals surface area contributed by atoms with Gasteiger partial charge in [0.25, 0.3) is 0 Å². The summed E-state index contributed by atoms with van der Waals surface area (Å²) in [5, 5.41) is 2.85. The largest absolute Gasteiger partial charge is 0.493 e. The molecule has 1 fully saturated rings. The number of ether oxygens (including phenoxy) is 4. The molecule has 1 amide bonds. The fourth-order valence-electron chi connectivity index (χ4n) is 2.54. The Kier molecular flexibility index (Phi) is 2.88. The minimum atomic E-state index is -0.411. The van der Waals surface area contributed by atoms with E-state index in [-0.39, 0.29) is 18.2 Å². The molecule has 1 aromatic rings. The number of alkyl carbamates (subject to hydrolysis) is 1. The van der Waals surface area contributed by atoms with Crippen molar-refractivity contribution in [3.05, 3.63) is 17.7 Å². The van der Waals surface area contributed by atoms with E-state index in [0.717, 1.165) is 5.56 Å². The molecule has 0 aromatic heterocycles. The Morgan fingerprint density at radius 3 is 2.85 bits per heavy atom. The zero-order valence-corrected chi connectivity index (χ0v) is 11.7. The van der Waals surface area contributed by atoms with Crippen LogP contribution in [0.2, 0.25) is 0 Å². The van der Waals surface area contributed by atoms with Crippen LogP contribution in [0.25, 0.3) is 0 Å². The highest BCUT2D eigenvalue weighted by Crippen LogP contribution is 2.46. The minimum Gasteiger partial charge on any atom is -0.493 e. The maximum atomic E-state index is 11.5. The monoisotopic (exact) mass is 279 g/mol. The summed E-state index contributed by atoms with van der Waals surface area (Å²) in [4.78, 5) is 11.5. The number of nitrogens with one attached hydrogen (secondary N) is 1. The van der Waals surface area contributed by atoms with Crippen molar-refractivity contribution in [3.63, 3.8) is 0 Å². The molecule has 0 radical (unpaired) electrons. The summed E-state index contributed by atoms with van der Waals surface area (Å²) in [5.74, 6) is 1.84. The Bertz CT molecular complexity index is 555. The van der Waals surface area contributed by atoms with Crippen LogP contribution in [0.5, 0.6) is 17.2 Å². The van der Waals surface area contributed by atoms with E-state index in [1.807, 2.05) is 26.0 Å². The van der Waals surface area contributed by atoms with Crippen LogP contribution in [0.4, 0.5) is 4.79 Å². The summed E-state index contributed by atoms with van der Waals surface area (Å²) in [6.45, 7) is 4.61. The van der Waals surface area contributed by atoms with E-state index in [0.29, 0.717) is 23.9 Å². The average molecular weight is 279 g/mol. The van der Waals surface area contributed by atoms with Crippen molar-refractivity contribution in [3.8, 4) is 17.2 Å². The van der Waals surface area contributed by atoms with E-state index < -0.39 is 6.09 Å². The van der Waals surface area contributed by atoms with Crippen LogP contribution < -0.4 is 19.5 Å². The molecule has 0 saturated carbocycles. The molecule has 0 bridgehead atoms. The third-order valence-corrected chi connectivity index (χ3v) is 3.63. The number of methoxy groups -OCH3 is 1. The van der Waals surface area contributed by atoms with Crippen molar-refractivity contribution in [1.29, 1.82) is 0 Å². The SMILES string of the molecule is COc1cc([C@@H]2NC(=O)OCC2(C)C)cc2c1OCO2. The molecule has 2 aliphatic heterocycles. The number of rotatable bonds is 2. The van der Waals surface area contributed by atoms with E-state index in [4.69, 9.17) is 18.9 Å². The first kappa shape index (κ1) is 12.9. The van der Waals surface area contributed by atoms with E-state index in [2.05, 4.69) is 5.32 Å². The quantitative estimate of drug-likeness (QED) is 0.899. The van der Waals surface area contributed by atoms with Crippen LogP contribution in [-0.4, -0.2) is 26.6 Å². The summed E-state index contributed by atoms with van der Waals surface area (Å²) in [7, 11) is 1.58. The van der Waals surface area contributed by atoms with Crippen molar-refractivity contribution in [1.82, 2.24) is 5.32 Å². The van der Waals surface area contributed by atoms with Gasteiger partial charge in [-0.3, -0.25) is 0 Å². The second-order valence-corrected chi connectivity index (χ2v) is 5.60. The molecule has 2 heterocycles. The van der Waals surface area contributed by atoms with Crippen molar-refractivity contribution in [2.45, 2.75) is 19.9 Å². The van der Waals surface area contributed by atoms with Crippen LogP contribution in [0, 0.1) is 5.41 Å². The number of amides is 1. The number of carbonyl (C=O) groups is 1. The molecule has 1 atom stereocenters. The fraction of sp³-hybridized carbons (Fsp3) is 0.500. The van der Waals surface area contributed by atoms with Gasteiger partial charge in [-0.1, -0.05) is 13.8 Å². The topological polar surface area (TPSA) is 66.0 Å². The predicted molar refractivity (Wildman–Crippen MR) is 70.1 cm³/mol. The highest BCUT2D eigenvalue weighted by atomic mass is 16.7. The van der Waals surface area contributed by atoms with Gasteiger partial charge in [0.05, 0.1) is 13.2 Å². The van der Waals surface area contributed by atoms with E-state index in [9.17, 15) is 4.79 Å². The summed E-state index contributed by atoms with van der Waals surface area (Å²) in [5.41, 5.74) is 0.680. The molecule has 1 saturated heterocycles. The van der Waals surface area contributed by atoms with Crippen molar-refractivity contribution in [2.24, 2.45) is 5.41 Å². The van der Waals surface area contributed by atoms with Crippen molar-refractivity contribution in [2.75, 3.05) is 20.5 Å². The van der Waals surface area contributed by atoms with Crippen LogP contribution in [-0.2, 0) is 4.74 Å². The number of hydrogen-bond acceptors (Lipinski definition) is 5. The molecular weight excluding hydrogens is 262 g/mol. The van der Waals surface area contributed by atoms with E-state index in [1.54, 1.807) is 7.11 Å². The summed E-state index contributed by atoms with van der Waals surface area (Å²) in [6.07, 6.45) is -0.411. The number of fused-ring (bicyclic) bond motifs is 1. The zero-order chi connectivity index (χ0) is 14.3. The maximum Gasteiger partial charge on any atom is 0.407 e. The van der Waals surface area contributed by atoms with Gasteiger partial charge in [-0.2, -0.15) is 0 Å². The van der Waals surface area contributed by atoms with E-state index >= 15 is 0 Å². The first-order valence-electron chi connectivity index (χ1n) is 6.42. The molecular formula is C14H17NO5. The Labute approximate surface area is 117 Å². The predicted octanol–water partition coefficient (Wildman–Crippen LogP) is 2.23. The molecule has 0 spiro atoms. The second-order valence-electron chi connectivity index (χ2n) is 5.60. The average Bonchev–Trinajstić information content (AvgIpc) is 2.88. The molecule has 2 aliphatic rings. The van der Waals surface area contributed by atoms with Crippen LogP contribution >= 0.6 is 0 Å².